The standard InChI is InChI=1S/C21H21N3O3/c1-3-26-20-11-7-5-9-18(20)23-21(25)14-27-19-10-6-4-8-17(19)16(2)24-13-12-22-15-24/h4-13,15H,2-3,14H2,1H3,(H,23,25). The summed E-state index contributed by atoms with van der Waals surface area (Å²) >= 11 is 0. The summed E-state index contributed by atoms with van der Waals surface area (Å²) in [6.45, 7) is 6.37. The van der Waals surface area contributed by atoms with Crippen LogP contribution in [0.1, 0.15) is 12.5 Å². The van der Waals surface area contributed by atoms with Crippen LogP contribution in [0.3, 0.4) is 0 Å². The van der Waals surface area contributed by atoms with Crippen LogP contribution >= 0.6 is 0 Å². The summed E-state index contributed by atoms with van der Waals surface area (Å²) in [7, 11) is 0. The topological polar surface area (TPSA) is 65.4 Å². The van der Waals surface area contributed by atoms with E-state index in [0.717, 1.165) is 5.56 Å². The molecule has 3 rings (SSSR count). The Hall–Kier alpha value is -3.54. The van der Waals surface area contributed by atoms with E-state index in [1.165, 1.54) is 0 Å². The van der Waals surface area contributed by atoms with Crippen molar-refractivity contribution in [3.8, 4) is 11.5 Å². The molecule has 138 valence electrons. The Kier molecular flexibility index (Phi) is 5.89. The second kappa shape index (κ2) is 8.71. The highest BCUT2D eigenvalue weighted by molar-refractivity contribution is 5.93. The van der Waals surface area contributed by atoms with Crippen molar-refractivity contribution in [1.82, 2.24) is 9.55 Å². The van der Waals surface area contributed by atoms with E-state index in [9.17, 15) is 4.79 Å². The third-order valence-electron chi connectivity index (χ3n) is 3.83. The molecule has 0 saturated carbocycles. The third-order valence-corrected chi connectivity index (χ3v) is 3.83. The molecule has 0 aliphatic rings. The van der Waals surface area contributed by atoms with Crippen LogP contribution in [0.2, 0.25) is 0 Å². The lowest BCUT2D eigenvalue weighted by molar-refractivity contribution is -0.118. The Bertz CT molecular complexity index is 920. The van der Waals surface area contributed by atoms with Gasteiger partial charge in [-0.3, -0.25) is 4.79 Å². The maximum absolute atomic E-state index is 12.3. The fourth-order valence-electron chi connectivity index (χ4n) is 2.57. The van der Waals surface area contributed by atoms with Gasteiger partial charge in [-0.05, 0) is 31.2 Å². The highest BCUT2D eigenvalue weighted by atomic mass is 16.5. The molecule has 0 atom stereocenters. The Labute approximate surface area is 158 Å². The van der Waals surface area contributed by atoms with Gasteiger partial charge < -0.3 is 19.4 Å². The molecular formula is C21H21N3O3. The Morgan fingerprint density at radius 2 is 1.85 bits per heavy atom. The normalized spacial score (nSPS) is 10.3. The monoisotopic (exact) mass is 363 g/mol. The van der Waals surface area contributed by atoms with E-state index >= 15 is 0 Å². The van der Waals surface area contributed by atoms with Crippen LogP contribution in [0.15, 0.2) is 73.8 Å². The van der Waals surface area contributed by atoms with Gasteiger partial charge in [0.05, 0.1) is 24.3 Å². The molecule has 0 fully saturated rings. The van der Waals surface area contributed by atoms with Crippen molar-refractivity contribution in [3.63, 3.8) is 0 Å². The number of hydrogen-bond donors (Lipinski definition) is 1. The maximum Gasteiger partial charge on any atom is 0.262 e. The summed E-state index contributed by atoms with van der Waals surface area (Å²) < 4.78 is 13.1. The highest BCUT2D eigenvalue weighted by Crippen LogP contribution is 2.26. The summed E-state index contributed by atoms with van der Waals surface area (Å²) in [6.07, 6.45) is 5.14. The van der Waals surface area contributed by atoms with Crippen LogP contribution in [0.4, 0.5) is 5.69 Å². The van der Waals surface area contributed by atoms with Gasteiger partial charge in [0.1, 0.15) is 11.5 Å². The molecule has 0 radical (unpaired) electrons. The van der Waals surface area contributed by atoms with Gasteiger partial charge in [0.15, 0.2) is 6.61 Å². The average molecular weight is 363 g/mol. The molecule has 0 spiro atoms. The number of nitrogens with one attached hydrogen (secondary N) is 1. The fourth-order valence-corrected chi connectivity index (χ4v) is 2.57. The van der Waals surface area contributed by atoms with Gasteiger partial charge in [-0.2, -0.15) is 0 Å². The molecule has 6 nitrogen and oxygen atoms in total. The Morgan fingerprint density at radius 1 is 1.11 bits per heavy atom. The molecule has 1 N–H and O–H groups in total. The number of benzene rings is 2. The fraction of sp³-hybridized carbons (Fsp3) is 0.143. The molecule has 3 aromatic rings. The number of ether oxygens (including phenoxy) is 2. The number of carbonyl (C=O) groups is 1. The summed E-state index contributed by atoms with van der Waals surface area (Å²) in [4.78, 5) is 16.4. The highest BCUT2D eigenvalue weighted by Gasteiger charge is 2.12. The van der Waals surface area contributed by atoms with Gasteiger partial charge in [0.25, 0.3) is 5.91 Å². The molecule has 1 aromatic heterocycles. The van der Waals surface area contributed by atoms with Gasteiger partial charge >= 0.3 is 0 Å². The number of hydrogen-bond acceptors (Lipinski definition) is 4. The minimum absolute atomic E-state index is 0.130. The smallest absolute Gasteiger partial charge is 0.262 e. The molecule has 0 aliphatic carbocycles. The van der Waals surface area contributed by atoms with Crippen LogP contribution in [0.25, 0.3) is 5.70 Å². The summed E-state index contributed by atoms with van der Waals surface area (Å²) in [5, 5.41) is 2.82. The second-order valence-electron chi connectivity index (χ2n) is 5.68. The molecule has 2 aromatic carbocycles. The van der Waals surface area contributed by atoms with Crippen molar-refractivity contribution in [3.05, 3.63) is 79.4 Å². The van der Waals surface area contributed by atoms with Crippen molar-refractivity contribution in [2.24, 2.45) is 0 Å². The largest absolute Gasteiger partial charge is 0.492 e. The summed E-state index contributed by atoms with van der Waals surface area (Å²) in [5.41, 5.74) is 2.12. The first-order chi connectivity index (χ1) is 13.2. The zero-order chi connectivity index (χ0) is 19.1. The minimum atomic E-state index is -0.273. The predicted octanol–water partition coefficient (Wildman–Crippen LogP) is 3.82. The van der Waals surface area contributed by atoms with Gasteiger partial charge in [-0.15, -0.1) is 0 Å². The SMILES string of the molecule is C=C(c1ccccc1OCC(=O)Nc1ccccc1OCC)n1ccnc1. The lowest BCUT2D eigenvalue weighted by atomic mass is 10.1. The van der Waals surface area contributed by atoms with Crippen molar-refractivity contribution in [2.45, 2.75) is 6.92 Å². The lowest BCUT2D eigenvalue weighted by Gasteiger charge is -2.14. The molecular weight excluding hydrogens is 342 g/mol. The van der Waals surface area contributed by atoms with E-state index in [4.69, 9.17) is 9.47 Å². The third kappa shape index (κ3) is 4.55. The van der Waals surface area contributed by atoms with Crippen molar-refractivity contribution >= 4 is 17.3 Å². The number of rotatable bonds is 8. The number of anilines is 1. The number of aromatic nitrogens is 2. The van der Waals surface area contributed by atoms with E-state index < -0.39 is 0 Å². The van der Waals surface area contributed by atoms with Crippen molar-refractivity contribution in [2.75, 3.05) is 18.5 Å². The van der Waals surface area contributed by atoms with Gasteiger partial charge in [-0.25, -0.2) is 4.98 Å². The number of nitrogens with zero attached hydrogens (tertiary/aromatic N) is 2. The van der Waals surface area contributed by atoms with Crippen LogP contribution in [-0.4, -0.2) is 28.7 Å². The van der Waals surface area contributed by atoms with Crippen LogP contribution in [-0.2, 0) is 4.79 Å². The van der Waals surface area contributed by atoms with Gasteiger partial charge in [0, 0.05) is 18.0 Å². The van der Waals surface area contributed by atoms with E-state index in [-0.39, 0.29) is 12.5 Å². The molecule has 0 saturated heterocycles. The van der Waals surface area contributed by atoms with E-state index in [1.807, 2.05) is 43.3 Å². The average Bonchev–Trinajstić information content (AvgIpc) is 3.23. The Balaban J connectivity index is 1.67. The first-order valence-corrected chi connectivity index (χ1v) is 8.60. The zero-order valence-corrected chi connectivity index (χ0v) is 15.1. The molecule has 0 bridgehead atoms. The number of carbonyl (C=O) groups excluding carboxylic acids is 1. The first kappa shape index (κ1) is 18.3. The van der Waals surface area contributed by atoms with E-state index in [1.54, 1.807) is 35.4 Å². The number of amides is 1. The molecule has 1 amide bonds. The number of para-hydroxylation sites is 3. The molecule has 1 heterocycles. The van der Waals surface area contributed by atoms with Crippen molar-refractivity contribution in [1.29, 1.82) is 0 Å². The molecule has 0 unspecified atom stereocenters. The van der Waals surface area contributed by atoms with E-state index in [0.29, 0.717) is 29.5 Å². The van der Waals surface area contributed by atoms with Crippen molar-refractivity contribution < 1.29 is 14.3 Å². The minimum Gasteiger partial charge on any atom is -0.492 e. The predicted molar refractivity (Wildman–Crippen MR) is 105 cm³/mol. The molecule has 0 aliphatic heterocycles. The molecule has 6 heteroatoms. The molecule has 27 heavy (non-hydrogen) atoms. The first-order valence-electron chi connectivity index (χ1n) is 8.60. The maximum atomic E-state index is 12.3. The summed E-state index contributed by atoms with van der Waals surface area (Å²) in [5.74, 6) is 0.928. The van der Waals surface area contributed by atoms with Gasteiger partial charge in [0.2, 0.25) is 0 Å². The summed E-state index contributed by atoms with van der Waals surface area (Å²) in [6, 6.07) is 14.7. The van der Waals surface area contributed by atoms with Crippen LogP contribution < -0.4 is 14.8 Å². The van der Waals surface area contributed by atoms with Gasteiger partial charge in [-0.1, -0.05) is 30.8 Å². The van der Waals surface area contributed by atoms with Crippen LogP contribution in [0, 0.1) is 0 Å². The van der Waals surface area contributed by atoms with E-state index in [2.05, 4.69) is 16.9 Å². The Morgan fingerprint density at radius 3 is 2.59 bits per heavy atom. The van der Waals surface area contributed by atoms with Crippen LogP contribution in [0.5, 0.6) is 11.5 Å². The quantitative estimate of drug-likeness (QED) is 0.661. The zero-order valence-electron chi connectivity index (χ0n) is 15.1. The second-order valence-corrected chi connectivity index (χ2v) is 5.68. The number of imidazole rings is 1. The lowest BCUT2D eigenvalue weighted by Crippen LogP contribution is -2.21.